The molecule has 1 aliphatic heterocycles. The average molecular weight is 450 g/mol. The third-order valence-electron chi connectivity index (χ3n) is 5.46. The number of fused-ring (bicyclic) bond motifs is 1. The van der Waals surface area contributed by atoms with Gasteiger partial charge in [-0.25, -0.2) is 0 Å². The number of allylic oxidation sites excluding steroid dienone is 1. The largest absolute Gasteiger partial charge is 0.417 e. The zero-order valence-electron chi connectivity index (χ0n) is 19.7. The van der Waals surface area contributed by atoms with E-state index >= 15 is 0 Å². The van der Waals surface area contributed by atoms with Crippen LogP contribution in [0.5, 0.6) is 0 Å². The normalized spacial score (nSPS) is 14.7. The number of amides is 1. The maximum absolute atomic E-state index is 13.0. The first-order chi connectivity index (χ1) is 15.2. The van der Waals surface area contributed by atoms with Crippen molar-refractivity contribution in [3.8, 4) is 0 Å². The number of aromatic nitrogens is 2. The summed E-state index contributed by atoms with van der Waals surface area (Å²) in [6, 6.07) is 5.35. The minimum absolute atomic E-state index is 0.0690. The summed E-state index contributed by atoms with van der Waals surface area (Å²) in [5.74, 6) is -0.186. The van der Waals surface area contributed by atoms with Crippen molar-refractivity contribution in [1.29, 1.82) is 0 Å². The number of halogens is 3. The summed E-state index contributed by atoms with van der Waals surface area (Å²) in [5.41, 5.74) is 2.68. The summed E-state index contributed by atoms with van der Waals surface area (Å²) >= 11 is 0. The molecule has 2 aromatic rings. The summed E-state index contributed by atoms with van der Waals surface area (Å²) in [5, 5.41) is 0. The number of hydrogen-bond acceptors (Lipinski definition) is 2. The smallest absolute Gasteiger partial charge is 0.342 e. The van der Waals surface area contributed by atoms with Crippen molar-refractivity contribution < 1.29 is 18.0 Å². The van der Waals surface area contributed by atoms with E-state index in [1.54, 1.807) is 11.0 Å². The van der Waals surface area contributed by atoms with E-state index in [0.717, 1.165) is 30.8 Å². The molecule has 1 unspecified atom stereocenters. The van der Waals surface area contributed by atoms with Crippen LogP contribution in [0.4, 0.5) is 13.2 Å². The van der Waals surface area contributed by atoms with Crippen molar-refractivity contribution in [2.24, 2.45) is 0 Å². The SMILES string of the molecule is CCC.CCc1ccc(C)n1C(/C=C\C(=O)N1CCc2ncc(C(F)(F)F)cc2C1)CC. The quantitative estimate of drug-likeness (QED) is 0.504. The molecule has 0 spiro atoms. The van der Waals surface area contributed by atoms with Crippen molar-refractivity contribution >= 4 is 5.91 Å². The van der Waals surface area contributed by atoms with E-state index in [1.165, 1.54) is 12.1 Å². The van der Waals surface area contributed by atoms with Crippen LogP contribution in [0, 0.1) is 6.92 Å². The minimum atomic E-state index is -4.44. The van der Waals surface area contributed by atoms with E-state index in [9.17, 15) is 18.0 Å². The van der Waals surface area contributed by atoms with Crippen LogP contribution < -0.4 is 0 Å². The molecule has 0 bridgehead atoms. The van der Waals surface area contributed by atoms with E-state index in [1.807, 2.05) is 13.0 Å². The summed E-state index contributed by atoms with van der Waals surface area (Å²) in [7, 11) is 0. The third kappa shape index (κ3) is 6.24. The molecular weight excluding hydrogens is 415 g/mol. The molecule has 3 heterocycles. The Balaban J connectivity index is 0.00000114. The molecule has 0 aliphatic carbocycles. The fraction of sp³-hybridized carbons (Fsp3) is 0.520. The van der Waals surface area contributed by atoms with E-state index in [0.29, 0.717) is 24.2 Å². The van der Waals surface area contributed by atoms with Gasteiger partial charge in [-0.2, -0.15) is 13.2 Å². The lowest BCUT2D eigenvalue weighted by atomic mass is 10.0. The van der Waals surface area contributed by atoms with Gasteiger partial charge in [0.05, 0.1) is 11.6 Å². The molecule has 2 aromatic heterocycles. The van der Waals surface area contributed by atoms with Crippen molar-refractivity contribution in [3.05, 3.63) is 64.8 Å². The Morgan fingerprint density at radius 3 is 2.50 bits per heavy atom. The van der Waals surface area contributed by atoms with E-state index in [2.05, 4.69) is 49.4 Å². The molecule has 176 valence electrons. The highest BCUT2D eigenvalue weighted by Crippen LogP contribution is 2.31. The van der Waals surface area contributed by atoms with Crippen molar-refractivity contribution in [3.63, 3.8) is 0 Å². The predicted octanol–water partition coefficient (Wildman–Crippen LogP) is 6.28. The fourth-order valence-electron chi connectivity index (χ4n) is 3.84. The van der Waals surface area contributed by atoms with Crippen LogP contribution >= 0.6 is 0 Å². The molecule has 32 heavy (non-hydrogen) atoms. The highest BCUT2D eigenvalue weighted by Gasteiger charge is 2.32. The molecule has 4 nitrogen and oxygen atoms in total. The highest BCUT2D eigenvalue weighted by atomic mass is 19.4. The number of nitrogens with zero attached hydrogens (tertiary/aromatic N) is 3. The first kappa shape index (κ1) is 25.7. The molecule has 1 aliphatic rings. The maximum Gasteiger partial charge on any atom is 0.417 e. The Kier molecular flexibility index (Phi) is 9.10. The van der Waals surface area contributed by atoms with E-state index in [4.69, 9.17) is 0 Å². The van der Waals surface area contributed by atoms with Crippen molar-refractivity contribution in [2.75, 3.05) is 6.54 Å². The second-order valence-electron chi connectivity index (χ2n) is 8.07. The highest BCUT2D eigenvalue weighted by molar-refractivity contribution is 5.87. The molecular formula is C25H34F3N3O. The molecule has 0 radical (unpaired) electrons. The average Bonchev–Trinajstić information content (AvgIpc) is 3.13. The molecule has 7 heteroatoms. The van der Waals surface area contributed by atoms with Gasteiger partial charge in [0.1, 0.15) is 0 Å². The lowest BCUT2D eigenvalue weighted by Gasteiger charge is -2.28. The molecule has 0 aromatic carbocycles. The van der Waals surface area contributed by atoms with Gasteiger partial charge in [-0.3, -0.25) is 9.78 Å². The Bertz CT molecular complexity index is 931. The predicted molar refractivity (Wildman–Crippen MR) is 121 cm³/mol. The molecule has 3 rings (SSSR count). The minimum Gasteiger partial charge on any atom is -0.342 e. The molecule has 0 saturated carbocycles. The van der Waals surface area contributed by atoms with Gasteiger partial charge in [-0.15, -0.1) is 0 Å². The molecule has 1 atom stereocenters. The van der Waals surface area contributed by atoms with Crippen LogP contribution in [0.15, 0.2) is 36.5 Å². The molecule has 0 fully saturated rings. The Hall–Kier alpha value is -2.57. The summed E-state index contributed by atoms with van der Waals surface area (Å²) < 4.78 is 41.1. The van der Waals surface area contributed by atoms with Crippen molar-refractivity contribution in [1.82, 2.24) is 14.5 Å². The Labute approximate surface area is 189 Å². The fourth-order valence-corrected chi connectivity index (χ4v) is 3.84. The number of carbonyl (C=O) groups excluding carboxylic acids is 1. The van der Waals surface area contributed by atoms with Gasteiger partial charge in [0.15, 0.2) is 0 Å². The standard InChI is InChI=1S/C22H26F3N3O.C3H8/c1-4-18-7-6-15(3)28(18)19(5-2)8-9-21(29)27-11-10-20-16(14-27)12-17(13-26-20)22(23,24)25;1-3-2/h6-9,12-13,19H,4-5,10-11,14H2,1-3H3;3H2,1-2H3/b9-8-;. The van der Waals surface area contributed by atoms with Crippen LogP contribution in [-0.2, 0) is 30.4 Å². The topological polar surface area (TPSA) is 38.1 Å². The zero-order valence-corrected chi connectivity index (χ0v) is 19.7. The van der Waals surface area contributed by atoms with Gasteiger partial charge < -0.3 is 9.47 Å². The summed E-state index contributed by atoms with van der Waals surface area (Å²) in [4.78, 5) is 18.2. The maximum atomic E-state index is 13.0. The molecule has 0 N–H and O–H groups in total. The number of hydrogen-bond donors (Lipinski definition) is 0. The second kappa shape index (κ2) is 11.3. The molecule has 0 saturated heterocycles. The van der Waals surface area contributed by atoms with Crippen LogP contribution in [0.2, 0.25) is 0 Å². The number of rotatable bonds is 5. The number of alkyl halides is 3. The lowest BCUT2D eigenvalue weighted by Crippen LogP contribution is -2.35. The van der Waals surface area contributed by atoms with Gasteiger partial charge in [-0.1, -0.05) is 40.2 Å². The number of carbonyl (C=O) groups is 1. The van der Waals surface area contributed by atoms with Crippen LogP contribution in [0.1, 0.15) is 74.8 Å². The van der Waals surface area contributed by atoms with Crippen molar-refractivity contribution in [2.45, 2.75) is 79.1 Å². The second-order valence-corrected chi connectivity index (χ2v) is 8.07. The zero-order chi connectivity index (χ0) is 23.9. The molecule has 1 amide bonds. The first-order valence-electron chi connectivity index (χ1n) is 11.3. The van der Waals surface area contributed by atoms with Crippen LogP contribution in [-0.4, -0.2) is 26.9 Å². The lowest BCUT2D eigenvalue weighted by molar-refractivity contribution is -0.137. The van der Waals surface area contributed by atoms with Gasteiger partial charge in [0, 0.05) is 48.9 Å². The third-order valence-corrected chi connectivity index (χ3v) is 5.46. The van der Waals surface area contributed by atoms with E-state index in [-0.39, 0.29) is 18.5 Å². The van der Waals surface area contributed by atoms with E-state index < -0.39 is 11.7 Å². The first-order valence-corrected chi connectivity index (χ1v) is 11.3. The van der Waals surface area contributed by atoms with Gasteiger partial charge in [0.25, 0.3) is 0 Å². The Morgan fingerprint density at radius 1 is 1.22 bits per heavy atom. The summed E-state index contributed by atoms with van der Waals surface area (Å²) in [6.07, 6.45) is 3.34. The number of pyridine rings is 1. The van der Waals surface area contributed by atoms with Crippen LogP contribution in [0.3, 0.4) is 0 Å². The van der Waals surface area contributed by atoms with Gasteiger partial charge in [-0.05, 0) is 43.5 Å². The monoisotopic (exact) mass is 449 g/mol. The van der Waals surface area contributed by atoms with Crippen LogP contribution in [0.25, 0.3) is 0 Å². The Morgan fingerprint density at radius 2 is 1.91 bits per heavy atom. The van der Waals surface area contributed by atoms with Gasteiger partial charge in [0.2, 0.25) is 5.91 Å². The van der Waals surface area contributed by atoms with Gasteiger partial charge >= 0.3 is 6.18 Å². The summed E-state index contributed by atoms with van der Waals surface area (Å²) in [6.45, 7) is 11.1. The number of aryl methyl sites for hydroxylation is 2.